The quantitative estimate of drug-likeness (QED) is 0.0495. The Hall–Kier alpha value is -4.70. The molecule has 1 aliphatic rings. The molecule has 4 atom stereocenters. The SMILES string of the molecule is CC(O)C(N)C(=O)NC(CC1=CCN(C(=N)N)C1)C(=O)NCCCC(=O)NC(C(=O)O)c1ccc(C(=O)O)c(O)c1. The second-order valence-corrected chi connectivity index (χ2v) is 9.47. The molecule has 1 aromatic rings. The molecule has 0 saturated carbocycles. The van der Waals surface area contributed by atoms with Crippen molar-refractivity contribution in [1.29, 1.82) is 5.41 Å². The first-order valence-corrected chi connectivity index (χ1v) is 12.6. The van der Waals surface area contributed by atoms with Gasteiger partial charge in [-0.05, 0) is 37.5 Å². The number of aliphatic hydroxyl groups excluding tert-OH is 1. The van der Waals surface area contributed by atoms with E-state index in [1.54, 1.807) is 11.0 Å². The molecular formula is C25H35N7O9. The number of aromatic hydroxyl groups is 1. The summed E-state index contributed by atoms with van der Waals surface area (Å²) < 4.78 is 0. The number of nitrogens with one attached hydrogen (secondary N) is 4. The summed E-state index contributed by atoms with van der Waals surface area (Å²) in [6, 6.07) is -0.779. The molecule has 0 spiro atoms. The molecule has 0 saturated heterocycles. The molecule has 2 rings (SSSR count). The third kappa shape index (κ3) is 9.47. The average Bonchev–Trinajstić information content (AvgIpc) is 3.37. The lowest BCUT2D eigenvalue weighted by molar-refractivity contribution is -0.142. The first kappa shape index (κ1) is 32.5. The van der Waals surface area contributed by atoms with Gasteiger partial charge in [0, 0.05) is 26.1 Å². The number of carboxylic acid groups (broad SMARTS) is 2. The Morgan fingerprint density at radius 3 is 2.34 bits per heavy atom. The van der Waals surface area contributed by atoms with Gasteiger partial charge in [-0.2, -0.15) is 0 Å². The van der Waals surface area contributed by atoms with E-state index in [1.165, 1.54) is 6.92 Å². The summed E-state index contributed by atoms with van der Waals surface area (Å²) in [6.45, 7) is 1.98. The maximum atomic E-state index is 12.9. The van der Waals surface area contributed by atoms with Gasteiger partial charge in [0.15, 0.2) is 12.0 Å². The Morgan fingerprint density at radius 2 is 1.80 bits per heavy atom. The predicted molar refractivity (Wildman–Crippen MR) is 144 cm³/mol. The zero-order valence-electron chi connectivity index (χ0n) is 22.3. The van der Waals surface area contributed by atoms with Gasteiger partial charge in [-0.25, -0.2) is 9.59 Å². The van der Waals surface area contributed by atoms with E-state index in [4.69, 9.17) is 22.0 Å². The van der Waals surface area contributed by atoms with E-state index in [-0.39, 0.29) is 37.3 Å². The molecule has 16 nitrogen and oxygen atoms in total. The number of phenols is 1. The molecule has 0 aliphatic carbocycles. The smallest absolute Gasteiger partial charge is 0.339 e. The minimum absolute atomic E-state index is 0.00840. The molecule has 16 heteroatoms. The summed E-state index contributed by atoms with van der Waals surface area (Å²) in [5, 5.41) is 52.9. The van der Waals surface area contributed by atoms with Gasteiger partial charge in [-0.3, -0.25) is 19.8 Å². The van der Waals surface area contributed by atoms with Gasteiger partial charge in [-0.1, -0.05) is 17.7 Å². The van der Waals surface area contributed by atoms with E-state index in [9.17, 15) is 39.3 Å². The van der Waals surface area contributed by atoms with Gasteiger partial charge >= 0.3 is 11.9 Å². The Morgan fingerprint density at radius 1 is 1.12 bits per heavy atom. The van der Waals surface area contributed by atoms with Crippen molar-refractivity contribution in [3.8, 4) is 5.75 Å². The van der Waals surface area contributed by atoms with E-state index >= 15 is 0 Å². The Bertz CT molecular complexity index is 1220. The van der Waals surface area contributed by atoms with Crippen LogP contribution in [-0.4, -0.2) is 98.8 Å². The van der Waals surface area contributed by atoms with E-state index in [1.807, 2.05) is 0 Å². The van der Waals surface area contributed by atoms with Crippen LogP contribution in [0.25, 0.3) is 0 Å². The third-order valence-electron chi connectivity index (χ3n) is 6.27. The van der Waals surface area contributed by atoms with Gasteiger partial charge in [0.25, 0.3) is 0 Å². The number of amides is 3. The van der Waals surface area contributed by atoms with Gasteiger partial charge < -0.3 is 52.7 Å². The number of guanidine groups is 1. The van der Waals surface area contributed by atoms with Crippen molar-refractivity contribution in [2.24, 2.45) is 11.5 Å². The number of carboxylic acids is 2. The van der Waals surface area contributed by atoms with E-state index in [0.29, 0.717) is 13.1 Å². The Balaban J connectivity index is 1.95. The molecular weight excluding hydrogens is 542 g/mol. The standard InChI is InChI=1S/C25H35N7O9/c1-12(33)19(26)22(37)30-16(9-13-6-8-32(11-13)25(27)28)21(36)29-7-2-3-18(35)31-20(24(40)41)14-4-5-15(23(38)39)17(34)10-14/h4-6,10,12,16,19-20,33-34H,2-3,7-9,11,26H2,1H3,(H3,27,28)(H,29,36)(H,30,37)(H,31,35)(H,38,39)(H,40,41). The number of carbonyl (C=O) groups excluding carboxylic acids is 3. The molecule has 3 amide bonds. The molecule has 0 bridgehead atoms. The van der Waals surface area contributed by atoms with Crippen LogP contribution in [0.5, 0.6) is 5.75 Å². The zero-order chi connectivity index (χ0) is 30.9. The number of nitrogens with zero attached hydrogens (tertiary/aromatic N) is 1. The van der Waals surface area contributed by atoms with Gasteiger partial charge in [0.05, 0.1) is 6.10 Å². The Labute approximate surface area is 234 Å². The van der Waals surface area contributed by atoms with Crippen LogP contribution in [0, 0.1) is 5.41 Å². The molecule has 4 unspecified atom stereocenters. The number of benzene rings is 1. The van der Waals surface area contributed by atoms with Crippen molar-refractivity contribution in [1.82, 2.24) is 20.9 Å². The third-order valence-corrected chi connectivity index (χ3v) is 6.27. The summed E-state index contributed by atoms with van der Waals surface area (Å²) in [6.07, 6.45) is 0.612. The number of hydrogen-bond donors (Lipinski definition) is 10. The van der Waals surface area contributed by atoms with E-state index in [2.05, 4.69) is 16.0 Å². The summed E-state index contributed by atoms with van der Waals surface area (Å²) in [4.78, 5) is 62.0. The lowest BCUT2D eigenvalue weighted by Gasteiger charge is -2.23. The first-order chi connectivity index (χ1) is 19.2. The second-order valence-electron chi connectivity index (χ2n) is 9.47. The van der Waals surface area contributed by atoms with Crippen molar-refractivity contribution >= 4 is 35.6 Å². The lowest BCUT2D eigenvalue weighted by Crippen LogP contribution is -2.54. The van der Waals surface area contributed by atoms with Crippen molar-refractivity contribution in [3.63, 3.8) is 0 Å². The van der Waals surface area contributed by atoms with Crippen LogP contribution in [0.1, 0.15) is 48.1 Å². The number of rotatable bonds is 14. The van der Waals surface area contributed by atoms with Crippen molar-refractivity contribution < 1.29 is 44.4 Å². The maximum Gasteiger partial charge on any atom is 0.339 e. The van der Waals surface area contributed by atoms with Crippen LogP contribution < -0.4 is 27.4 Å². The number of carbonyl (C=O) groups is 5. The van der Waals surface area contributed by atoms with E-state index < -0.39 is 65.2 Å². The van der Waals surface area contributed by atoms with Crippen LogP contribution in [0.4, 0.5) is 0 Å². The summed E-state index contributed by atoms with van der Waals surface area (Å²) in [7, 11) is 0. The van der Waals surface area contributed by atoms with Gasteiger partial charge in [0.1, 0.15) is 23.4 Å². The highest BCUT2D eigenvalue weighted by Crippen LogP contribution is 2.23. The van der Waals surface area contributed by atoms with E-state index in [0.717, 1.165) is 23.8 Å². The highest BCUT2D eigenvalue weighted by molar-refractivity contribution is 5.92. The number of aliphatic hydroxyl groups is 1. The summed E-state index contributed by atoms with van der Waals surface area (Å²) in [5.41, 5.74) is 11.4. The predicted octanol–water partition coefficient (Wildman–Crippen LogP) is -2.05. The molecule has 0 aromatic heterocycles. The highest BCUT2D eigenvalue weighted by atomic mass is 16.4. The second kappa shape index (κ2) is 14.6. The Kier molecular flexibility index (Phi) is 11.6. The van der Waals surface area contributed by atoms with Gasteiger partial charge in [-0.15, -0.1) is 0 Å². The molecule has 224 valence electrons. The average molecular weight is 578 g/mol. The van der Waals surface area contributed by atoms with Gasteiger partial charge in [0.2, 0.25) is 17.7 Å². The topological polar surface area (TPSA) is 281 Å². The monoisotopic (exact) mass is 577 g/mol. The minimum Gasteiger partial charge on any atom is -0.507 e. The van der Waals surface area contributed by atoms with Crippen LogP contribution in [-0.2, 0) is 19.2 Å². The molecule has 1 aliphatic heterocycles. The first-order valence-electron chi connectivity index (χ1n) is 12.6. The number of hydrogen-bond acceptors (Lipinski definition) is 9. The maximum absolute atomic E-state index is 12.9. The number of aromatic carboxylic acids is 1. The number of nitrogens with two attached hydrogens (primary N) is 2. The zero-order valence-corrected chi connectivity index (χ0v) is 22.3. The molecule has 0 fully saturated rings. The molecule has 41 heavy (non-hydrogen) atoms. The van der Waals surface area contributed by atoms with Crippen molar-refractivity contribution in [2.75, 3.05) is 19.6 Å². The van der Waals surface area contributed by atoms with Crippen LogP contribution >= 0.6 is 0 Å². The highest BCUT2D eigenvalue weighted by Gasteiger charge is 2.29. The fraction of sp³-hybridized carbons (Fsp3) is 0.440. The van der Waals surface area contributed by atoms with Crippen molar-refractivity contribution in [3.05, 3.63) is 41.0 Å². The van der Waals surface area contributed by atoms with Crippen LogP contribution in [0.15, 0.2) is 29.8 Å². The molecule has 1 aromatic carbocycles. The molecule has 12 N–H and O–H groups in total. The van der Waals surface area contributed by atoms with Crippen molar-refractivity contribution in [2.45, 2.75) is 50.4 Å². The van der Waals surface area contributed by atoms with Crippen LogP contribution in [0.3, 0.4) is 0 Å². The molecule has 1 heterocycles. The summed E-state index contributed by atoms with van der Waals surface area (Å²) in [5.74, 6) is -5.65. The van der Waals surface area contributed by atoms with Crippen LogP contribution in [0.2, 0.25) is 0 Å². The normalized spacial score (nSPS) is 15.6. The fourth-order valence-corrected chi connectivity index (χ4v) is 3.92. The number of aliphatic carboxylic acids is 1. The lowest BCUT2D eigenvalue weighted by atomic mass is 10.0. The fourth-order valence-electron chi connectivity index (χ4n) is 3.92. The minimum atomic E-state index is -1.56. The summed E-state index contributed by atoms with van der Waals surface area (Å²) >= 11 is 0. The molecule has 0 radical (unpaired) electrons. The largest absolute Gasteiger partial charge is 0.507 e.